The average Bonchev–Trinajstić information content (AvgIpc) is 2.69. The predicted octanol–water partition coefficient (Wildman–Crippen LogP) is 7.13. The Hall–Kier alpha value is -1.96. The van der Waals surface area contributed by atoms with Crippen LogP contribution in [0.5, 0.6) is 0 Å². The molecule has 148 valence electrons. The van der Waals surface area contributed by atoms with E-state index in [4.69, 9.17) is 0 Å². The van der Waals surface area contributed by atoms with Gasteiger partial charge in [0.15, 0.2) is 0 Å². The van der Waals surface area contributed by atoms with Crippen LogP contribution in [-0.4, -0.2) is 5.16 Å². The highest BCUT2D eigenvalue weighted by molar-refractivity contribution is 7.92. The van der Waals surface area contributed by atoms with Gasteiger partial charge in [-0.3, -0.25) is 0 Å². The lowest BCUT2D eigenvalue weighted by molar-refractivity contribution is 0.792. The molecule has 0 spiro atoms. The quantitative estimate of drug-likeness (QED) is 0.306. The molecule has 0 fully saturated rings. The third kappa shape index (κ3) is 5.56. The molecule has 1 atom stereocenters. The molecule has 29 heavy (non-hydrogen) atoms. The fourth-order valence-corrected chi connectivity index (χ4v) is 10.7. The Kier molecular flexibility index (Phi) is 7.27. The van der Waals surface area contributed by atoms with Crippen molar-refractivity contribution in [3.05, 3.63) is 107 Å². The zero-order valence-corrected chi connectivity index (χ0v) is 19.8. The van der Waals surface area contributed by atoms with Gasteiger partial charge < -0.3 is 0 Å². The van der Waals surface area contributed by atoms with Crippen molar-refractivity contribution in [1.29, 1.82) is 0 Å². The Labute approximate surface area is 178 Å². The standard InChI is InChI=1S/C27H30P2/c1-22(2)21-26(29(27(3,4)5)25-19-13-8-14-20-25)28(23-15-9-6-10-16-23)24-17-11-7-12-18-24/h6-20H,1-5H3. The molecular formula is C27H30P2. The molecule has 0 heterocycles. The molecule has 0 N–H and O–H groups in total. The van der Waals surface area contributed by atoms with Crippen molar-refractivity contribution < 1.29 is 0 Å². The summed E-state index contributed by atoms with van der Waals surface area (Å²) in [6.07, 6.45) is 0. The molecule has 0 bridgehead atoms. The molecule has 0 saturated carbocycles. The zero-order valence-electron chi connectivity index (χ0n) is 18.1. The van der Waals surface area contributed by atoms with Crippen molar-refractivity contribution in [1.82, 2.24) is 0 Å². The van der Waals surface area contributed by atoms with Crippen LogP contribution in [0.1, 0.15) is 34.6 Å². The highest BCUT2D eigenvalue weighted by Gasteiger charge is 2.34. The lowest BCUT2D eigenvalue weighted by Gasteiger charge is -2.36. The van der Waals surface area contributed by atoms with Crippen LogP contribution in [0.3, 0.4) is 0 Å². The number of benzene rings is 3. The number of rotatable bonds is 5. The molecule has 0 nitrogen and oxygen atoms in total. The Morgan fingerprint density at radius 2 is 1.00 bits per heavy atom. The Bertz CT molecular complexity index is 933. The van der Waals surface area contributed by atoms with Crippen molar-refractivity contribution in [3.8, 4) is 0 Å². The van der Waals surface area contributed by atoms with E-state index >= 15 is 0 Å². The van der Waals surface area contributed by atoms with Gasteiger partial charge in [-0.05, 0) is 56.3 Å². The van der Waals surface area contributed by atoms with Gasteiger partial charge in [0.25, 0.3) is 0 Å². The summed E-state index contributed by atoms with van der Waals surface area (Å²) < 4.78 is 0. The van der Waals surface area contributed by atoms with E-state index in [0.29, 0.717) is 0 Å². The van der Waals surface area contributed by atoms with Crippen LogP contribution in [0.4, 0.5) is 0 Å². The normalized spacial score (nSPS) is 12.3. The first kappa shape index (κ1) is 21.7. The van der Waals surface area contributed by atoms with E-state index in [1.807, 2.05) is 0 Å². The monoisotopic (exact) mass is 416 g/mol. The molecule has 0 amide bonds. The highest BCUT2D eigenvalue weighted by Crippen LogP contribution is 2.65. The van der Waals surface area contributed by atoms with E-state index in [1.165, 1.54) is 26.5 Å². The molecule has 0 aromatic heterocycles. The van der Waals surface area contributed by atoms with Crippen LogP contribution in [0.2, 0.25) is 0 Å². The van der Waals surface area contributed by atoms with Crippen molar-refractivity contribution in [2.45, 2.75) is 39.8 Å². The van der Waals surface area contributed by atoms with E-state index in [1.54, 1.807) is 0 Å². The summed E-state index contributed by atoms with van der Waals surface area (Å²) >= 11 is 0. The van der Waals surface area contributed by atoms with Gasteiger partial charge in [0, 0.05) is 5.06 Å². The molecule has 3 aromatic carbocycles. The zero-order chi connectivity index (χ0) is 20.9. The van der Waals surface area contributed by atoms with Gasteiger partial charge >= 0.3 is 0 Å². The lowest BCUT2D eigenvalue weighted by Crippen LogP contribution is -2.23. The molecule has 1 unspecified atom stereocenters. The Morgan fingerprint density at radius 1 is 0.621 bits per heavy atom. The van der Waals surface area contributed by atoms with Gasteiger partial charge in [0.2, 0.25) is 0 Å². The maximum absolute atomic E-state index is 3.87. The summed E-state index contributed by atoms with van der Waals surface area (Å²) in [6.45, 7) is 11.5. The van der Waals surface area contributed by atoms with Crippen LogP contribution in [0.25, 0.3) is 0 Å². The first-order chi connectivity index (χ1) is 13.9. The van der Waals surface area contributed by atoms with Crippen LogP contribution >= 0.6 is 15.8 Å². The summed E-state index contributed by atoms with van der Waals surface area (Å²) in [5, 5.41) is 5.82. The van der Waals surface area contributed by atoms with Crippen molar-refractivity contribution in [3.63, 3.8) is 0 Å². The average molecular weight is 416 g/mol. The maximum Gasteiger partial charge on any atom is 0.0322 e. The second-order valence-corrected chi connectivity index (χ2v) is 13.8. The summed E-state index contributed by atoms with van der Waals surface area (Å²) in [7, 11) is -1.23. The third-order valence-corrected chi connectivity index (χ3v) is 10.6. The minimum Gasteiger partial charge on any atom is -0.112 e. The van der Waals surface area contributed by atoms with E-state index < -0.39 is 15.8 Å². The first-order valence-electron chi connectivity index (χ1n) is 10.1. The molecule has 0 radical (unpaired) electrons. The van der Waals surface area contributed by atoms with Crippen LogP contribution in [-0.2, 0) is 0 Å². The van der Waals surface area contributed by atoms with E-state index in [2.05, 4.69) is 131 Å². The number of hydrogen-bond acceptors (Lipinski definition) is 0. The van der Waals surface area contributed by atoms with Gasteiger partial charge in [0.1, 0.15) is 0 Å². The lowest BCUT2D eigenvalue weighted by atomic mass is 10.3. The second kappa shape index (κ2) is 9.69. The minimum atomic E-state index is -0.661. The second-order valence-electron chi connectivity index (χ2n) is 8.30. The first-order valence-corrected chi connectivity index (χ1v) is 12.8. The van der Waals surface area contributed by atoms with Gasteiger partial charge in [-0.1, -0.05) is 112 Å². The maximum atomic E-state index is 3.87. The van der Waals surface area contributed by atoms with E-state index in [-0.39, 0.29) is 5.16 Å². The fraction of sp³-hybridized carbons (Fsp3) is 0.222. The van der Waals surface area contributed by atoms with Crippen LogP contribution in [0, 0.1) is 0 Å². The molecule has 2 heteroatoms. The predicted molar refractivity (Wildman–Crippen MR) is 134 cm³/mol. The molecule has 0 aliphatic rings. The van der Waals surface area contributed by atoms with Crippen molar-refractivity contribution in [2.75, 3.05) is 0 Å². The summed E-state index contributed by atoms with van der Waals surface area (Å²) in [5.74, 6) is 0. The third-order valence-electron chi connectivity index (χ3n) is 4.50. The molecule has 0 saturated heterocycles. The summed E-state index contributed by atoms with van der Waals surface area (Å²) in [4.78, 5) is 0. The molecule has 3 rings (SSSR count). The number of allylic oxidation sites excluding steroid dienone is 1. The van der Waals surface area contributed by atoms with Crippen LogP contribution < -0.4 is 15.9 Å². The van der Waals surface area contributed by atoms with Gasteiger partial charge in [-0.25, -0.2) is 0 Å². The van der Waals surface area contributed by atoms with Gasteiger partial charge in [-0.2, -0.15) is 0 Å². The summed E-state index contributed by atoms with van der Waals surface area (Å²) in [6, 6.07) is 33.1. The molecule has 3 aromatic rings. The Balaban J connectivity index is 2.32. The van der Waals surface area contributed by atoms with E-state index in [9.17, 15) is 0 Å². The van der Waals surface area contributed by atoms with E-state index in [0.717, 1.165) is 0 Å². The topological polar surface area (TPSA) is 0 Å². The van der Waals surface area contributed by atoms with Crippen LogP contribution in [0.15, 0.2) is 107 Å². The fourth-order valence-electron chi connectivity index (χ4n) is 3.39. The number of hydrogen-bond donors (Lipinski definition) is 0. The Morgan fingerprint density at radius 3 is 1.34 bits per heavy atom. The molecule has 0 aliphatic carbocycles. The SMILES string of the molecule is CC(C)=C=C(P(c1ccccc1)c1ccccc1)P(c1ccccc1)C(C)(C)C. The van der Waals surface area contributed by atoms with Gasteiger partial charge in [0.05, 0.1) is 0 Å². The van der Waals surface area contributed by atoms with Crippen molar-refractivity contribution >= 4 is 31.8 Å². The largest absolute Gasteiger partial charge is 0.112 e. The minimum absolute atomic E-state index is 0.138. The summed E-state index contributed by atoms with van der Waals surface area (Å²) in [5.41, 5.74) is 5.12. The highest BCUT2D eigenvalue weighted by atomic mass is 31.2. The molecular weight excluding hydrogens is 386 g/mol. The smallest absolute Gasteiger partial charge is 0.0322 e. The van der Waals surface area contributed by atoms with Gasteiger partial charge in [-0.15, -0.1) is 5.73 Å². The van der Waals surface area contributed by atoms with Crippen molar-refractivity contribution in [2.24, 2.45) is 0 Å². The molecule has 0 aliphatic heterocycles.